The summed E-state index contributed by atoms with van der Waals surface area (Å²) >= 11 is 5.11. The Hall–Kier alpha value is -1.82. The van der Waals surface area contributed by atoms with Crippen LogP contribution in [0.5, 0.6) is 0 Å². The van der Waals surface area contributed by atoms with Gasteiger partial charge in [0.05, 0.1) is 6.61 Å². The molecule has 0 bridgehead atoms. The Kier molecular flexibility index (Phi) is 6.08. The van der Waals surface area contributed by atoms with E-state index in [-0.39, 0.29) is 0 Å². The Bertz CT molecular complexity index is 463. The van der Waals surface area contributed by atoms with Gasteiger partial charge in [0.25, 0.3) is 0 Å². The van der Waals surface area contributed by atoms with Crippen molar-refractivity contribution in [1.29, 1.82) is 0 Å². The number of nitrogens with one attached hydrogen (secondary N) is 3. The van der Waals surface area contributed by atoms with Crippen molar-refractivity contribution in [1.82, 2.24) is 10.9 Å². The summed E-state index contributed by atoms with van der Waals surface area (Å²) in [5.74, 6) is 0. The van der Waals surface area contributed by atoms with E-state index >= 15 is 0 Å². The molecule has 1 aromatic rings. The van der Waals surface area contributed by atoms with Gasteiger partial charge in [-0.3, -0.25) is 5.43 Å². The van der Waals surface area contributed by atoms with Crippen LogP contribution < -0.4 is 16.2 Å². The highest BCUT2D eigenvalue weighted by Gasteiger charge is 2.07. The molecule has 0 aliphatic rings. The summed E-state index contributed by atoms with van der Waals surface area (Å²) in [6.07, 6.45) is 0.338. The molecule has 0 aliphatic heterocycles. The molecule has 0 spiro atoms. The quantitative estimate of drug-likeness (QED) is 0.587. The van der Waals surface area contributed by atoms with Crippen LogP contribution in [0.3, 0.4) is 0 Å². The molecule has 0 saturated heterocycles. The van der Waals surface area contributed by atoms with E-state index in [1.807, 2.05) is 25.1 Å². The smallest absolute Gasteiger partial charge is 0.425 e. The van der Waals surface area contributed by atoms with Crippen LogP contribution in [0.1, 0.15) is 25.0 Å². The number of hydrogen-bond donors (Lipinski definition) is 3. The summed E-state index contributed by atoms with van der Waals surface area (Å²) in [4.78, 5) is 11.1. The van der Waals surface area contributed by atoms with Crippen molar-refractivity contribution < 1.29 is 9.53 Å². The third kappa shape index (κ3) is 4.75. The Morgan fingerprint density at radius 3 is 2.68 bits per heavy atom. The Balaban J connectivity index is 2.60. The standard InChI is InChI=1S/C13H19N3O2S/c1-4-10-8-6-7-9(3)11(10)14-12(19)15-16-13(17)18-5-2/h6-8H,4-5H2,1-3H3,(H,16,17)(H2,14,15,19). The monoisotopic (exact) mass is 281 g/mol. The number of carbonyl (C=O) groups is 1. The summed E-state index contributed by atoms with van der Waals surface area (Å²) in [6, 6.07) is 6.05. The van der Waals surface area contributed by atoms with Crippen LogP contribution in [0.4, 0.5) is 10.5 Å². The molecule has 0 heterocycles. The van der Waals surface area contributed by atoms with Crippen molar-refractivity contribution in [3.05, 3.63) is 29.3 Å². The fourth-order valence-corrected chi connectivity index (χ4v) is 1.77. The van der Waals surface area contributed by atoms with E-state index in [1.165, 1.54) is 5.56 Å². The average molecular weight is 281 g/mol. The van der Waals surface area contributed by atoms with E-state index in [2.05, 4.69) is 23.1 Å². The van der Waals surface area contributed by atoms with Gasteiger partial charge in [0.2, 0.25) is 0 Å². The lowest BCUT2D eigenvalue weighted by atomic mass is 10.1. The van der Waals surface area contributed by atoms with Gasteiger partial charge in [0.15, 0.2) is 5.11 Å². The number of hydrazine groups is 1. The van der Waals surface area contributed by atoms with Crippen molar-refractivity contribution in [2.24, 2.45) is 0 Å². The first-order chi connectivity index (χ1) is 9.08. The molecule has 0 radical (unpaired) electrons. The summed E-state index contributed by atoms with van der Waals surface area (Å²) in [5.41, 5.74) is 8.17. The van der Waals surface area contributed by atoms with Crippen LogP contribution in [0.2, 0.25) is 0 Å². The van der Waals surface area contributed by atoms with Gasteiger partial charge >= 0.3 is 6.09 Å². The first kappa shape index (κ1) is 15.2. The molecular formula is C13H19N3O2S. The fraction of sp³-hybridized carbons (Fsp3) is 0.385. The number of thiocarbonyl (C=S) groups is 1. The molecule has 0 saturated carbocycles. The number of hydrogen-bond acceptors (Lipinski definition) is 3. The van der Waals surface area contributed by atoms with Crippen molar-refractivity contribution in [2.45, 2.75) is 27.2 Å². The minimum absolute atomic E-state index is 0.311. The van der Waals surface area contributed by atoms with E-state index in [0.717, 1.165) is 17.7 Å². The summed E-state index contributed by atoms with van der Waals surface area (Å²) in [5, 5.41) is 3.39. The normalized spacial score (nSPS) is 9.63. The summed E-state index contributed by atoms with van der Waals surface area (Å²) in [6.45, 7) is 6.12. The van der Waals surface area contributed by atoms with Crippen LogP contribution >= 0.6 is 12.2 Å². The second-order valence-electron chi connectivity index (χ2n) is 3.89. The molecule has 3 N–H and O–H groups in total. The van der Waals surface area contributed by atoms with Crippen molar-refractivity contribution in [2.75, 3.05) is 11.9 Å². The lowest BCUT2D eigenvalue weighted by Gasteiger charge is -2.15. The molecule has 19 heavy (non-hydrogen) atoms. The van der Waals surface area contributed by atoms with E-state index in [9.17, 15) is 4.79 Å². The second-order valence-corrected chi connectivity index (χ2v) is 4.30. The average Bonchev–Trinajstić information content (AvgIpc) is 2.39. The summed E-state index contributed by atoms with van der Waals surface area (Å²) in [7, 11) is 0. The molecule has 0 atom stereocenters. The first-order valence-corrected chi connectivity index (χ1v) is 6.57. The zero-order valence-corrected chi connectivity index (χ0v) is 12.2. The first-order valence-electron chi connectivity index (χ1n) is 6.16. The zero-order valence-electron chi connectivity index (χ0n) is 11.4. The van der Waals surface area contributed by atoms with Gasteiger partial charge in [-0.15, -0.1) is 0 Å². The molecule has 0 unspecified atom stereocenters. The maximum Gasteiger partial charge on any atom is 0.425 e. The van der Waals surface area contributed by atoms with Crippen LogP contribution in [-0.2, 0) is 11.2 Å². The van der Waals surface area contributed by atoms with Crippen LogP contribution in [0, 0.1) is 6.92 Å². The van der Waals surface area contributed by atoms with E-state index in [4.69, 9.17) is 17.0 Å². The molecular weight excluding hydrogens is 262 g/mol. The van der Waals surface area contributed by atoms with Crippen molar-refractivity contribution in [3.8, 4) is 0 Å². The molecule has 1 rings (SSSR count). The van der Waals surface area contributed by atoms with Gasteiger partial charge < -0.3 is 10.1 Å². The van der Waals surface area contributed by atoms with Gasteiger partial charge in [-0.2, -0.15) is 0 Å². The minimum atomic E-state index is -0.563. The fourth-order valence-electron chi connectivity index (χ4n) is 1.62. The minimum Gasteiger partial charge on any atom is -0.449 e. The Morgan fingerprint density at radius 2 is 2.05 bits per heavy atom. The number of rotatable bonds is 3. The zero-order chi connectivity index (χ0) is 14.3. The number of anilines is 1. The van der Waals surface area contributed by atoms with Crippen LogP contribution in [-0.4, -0.2) is 17.8 Å². The highest BCUT2D eigenvalue weighted by atomic mass is 32.1. The topological polar surface area (TPSA) is 62.4 Å². The number of carbonyl (C=O) groups excluding carboxylic acids is 1. The van der Waals surface area contributed by atoms with Crippen LogP contribution in [0.25, 0.3) is 0 Å². The Morgan fingerprint density at radius 1 is 1.32 bits per heavy atom. The Labute approximate surface area is 118 Å². The second kappa shape index (κ2) is 7.58. The van der Waals surface area contributed by atoms with Crippen LogP contribution in [0.15, 0.2) is 18.2 Å². The van der Waals surface area contributed by atoms with Gasteiger partial charge in [0, 0.05) is 5.69 Å². The maximum absolute atomic E-state index is 11.1. The van der Waals surface area contributed by atoms with Crippen molar-refractivity contribution in [3.63, 3.8) is 0 Å². The third-order valence-electron chi connectivity index (χ3n) is 2.53. The molecule has 0 aliphatic carbocycles. The highest BCUT2D eigenvalue weighted by molar-refractivity contribution is 7.80. The number of amides is 1. The predicted octanol–water partition coefficient (Wildman–Crippen LogP) is 2.50. The highest BCUT2D eigenvalue weighted by Crippen LogP contribution is 2.20. The van der Waals surface area contributed by atoms with Gasteiger partial charge in [-0.1, -0.05) is 25.1 Å². The van der Waals surface area contributed by atoms with Gasteiger partial charge in [0.1, 0.15) is 0 Å². The predicted molar refractivity (Wildman–Crippen MR) is 80.1 cm³/mol. The molecule has 1 aromatic carbocycles. The summed E-state index contributed by atoms with van der Waals surface area (Å²) < 4.78 is 4.71. The number of aryl methyl sites for hydroxylation is 2. The van der Waals surface area contributed by atoms with E-state index in [0.29, 0.717) is 11.7 Å². The lowest BCUT2D eigenvalue weighted by Crippen LogP contribution is -2.44. The maximum atomic E-state index is 11.1. The molecule has 0 aromatic heterocycles. The van der Waals surface area contributed by atoms with Gasteiger partial charge in [-0.05, 0) is 43.6 Å². The van der Waals surface area contributed by atoms with Gasteiger partial charge in [-0.25, -0.2) is 10.2 Å². The molecule has 5 nitrogen and oxygen atoms in total. The number of ether oxygens (including phenoxy) is 1. The lowest BCUT2D eigenvalue weighted by molar-refractivity contribution is 0.150. The number of benzene rings is 1. The largest absolute Gasteiger partial charge is 0.449 e. The third-order valence-corrected chi connectivity index (χ3v) is 2.74. The SMILES string of the molecule is CCOC(=O)NNC(=S)Nc1c(C)cccc1CC. The van der Waals surface area contributed by atoms with E-state index in [1.54, 1.807) is 6.92 Å². The van der Waals surface area contributed by atoms with E-state index < -0.39 is 6.09 Å². The van der Waals surface area contributed by atoms with Crippen molar-refractivity contribution >= 4 is 29.1 Å². The molecule has 6 heteroatoms. The molecule has 104 valence electrons. The molecule has 0 fully saturated rings. The number of para-hydroxylation sites is 1. The molecule has 1 amide bonds.